The Morgan fingerprint density at radius 2 is 2.00 bits per heavy atom. The molecular weight excluding hydrogens is 170 g/mol. The Morgan fingerprint density at radius 3 is 2.27 bits per heavy atom. The standard InChI is InChI=1S/C5H11N3O2.ClH/c1-3(6)5(10)8-2-4(7)9;/h3H,2,6H2,1H3,(H2,7,9)(H,8,10);1H. The van der Waals surface area contributed by atoms with Crippen LogP contribution in [0.25, 0.3) is 0 Å². The lowest BCUT2D eigenvalue weighted by atomic mass is 10.3. The summed E-state index contributed by atoms with van der Waals surface area (Å²) in [6.07, 6.45) is 0. The maximum atomic E-state index is 10.6. The fourth-order valence-electron chi connectivity index (χ4n) is 0.335. The van der Waals surface area contributed by atoms with E-state index in [-0.39, 0.29) is 24.9 Å². The van der Waals surface area contributed by atoms with Gasteiger partial charge in [0.1, 0.15) is 0 Å². The van der Waals surface area contributed by atoms with Gasteiger partial charge in [-0.2, -0.15) is 0 Å². The van der Waals surface area contributed by atoms with Crippen molar-refractivity contribution in [3.05, 3.63) is 0 Å². The minimum Gasteiger partial charge on any atom is -0.368 e. The first-order valence-electron chi connectivity index (χ1n) is 2.85. The third-order valence-corrected chi connectivity index (χ3v) is 0.850. The highest BCUT2D eigenvalue weighted by Gasteiger charge is 2.06. The quantitative estimate of drug-likeness (QED) is 0.487. The fourth-order valence-corrected chi connectivity index (χ4v) is 0.335. The fraction of sp³-hybridized carbons (Fsp3) is 0.600. The van der Waals surface area contributed by atoms with E-state index in [2.05, 4.69) is 5.32 Å². The van der Waals surface area contributed by atoms with Crippen LogP contribution in [0.5, 0.6) is 0 Å². The molecule has 0 aromatic heterocycles. The van der Waals surface area contributed by atoms with E-state index in [9.17, 15) is 9.59 Å². The highest BCUT2D eigenvalue weighted by atomic mass is 35.5. The van der Waals surface area contributed by atoms with Crippen LogP contribution >= 0.6 is 12.4 Å². The highest BCUT2D eigenvalue weighted by Crippen LogP contribution is 1.72. The van der Waals surface area contributed by atoms with Crippen molar-refractivity contribution in [3.8, 4) is 0 Å². The van der Waals surface area contributed by atoms with Crippen molar-refractivity contribution in [1.29, 1.82) is 0 Å². The number of nitrogens with two attached hydrogens (primary N) is 2. The van der Waals surface area contributed by atoms with E-state index in [0.717, 1.165) is 0 Å². The lowest BCUT2D eigenvalue weighted by Gasteiger charge is -2.03. The lowest BCUT2D eigenvalue weighted by molar-refractivity contribution is -0.125. The zero-order valence-corrected chi connectivity index (χ0v) is 6.98. The van der Waals surface area contributed by atoms with Gasteiger partial charge in [0.15, 0.2) is 0 Å². The normalized spacial score (nSPS) is 11.1. The molecule has 66 valence electrons. The Kier molecular flexibility index (Phi) is 6.92. The van der Waals surface area contributed by atoms with Crippen molar-refractivity contribution in [2.24, 2.45) is 11.5 Å². The second kappa shape index (κ2) is 5.94. The number of hydrogen-bond donors (Lipinski definition) is 3. The van der Waals surface area contributed by atoms with Crippen LogP contribution in [-0.4, -0.2) is 24.4 Å². The molecule has 0 saturated carbocycles. The van der Waals surface area contributed by atoms with Crippen LogP contribution in [0.1, 0.15) is 6.92 Å². The van der Waals surface area contributed by atoms with Gasteiger partial charge in [0, 0.05) is 0 Å². The van der Waals surface area contributed by atoms with Crippen molar-refractivity contribution in [2.75, 3.05) is 6.54 Å². The number of nitrogens with one attached hydrogen (secondary N) is 1. The van der Waals surface area contributed by atoms with Gasteiger partial charge in [-0.25, -0.2) is 0 Å². The number of primary amides is 1. The monoisotopic (exact) mass is 181 g/mol. The first-order valence-corrected chi connectivity index (χ1v) is 2.85. The maximum Gasteiger partial charge on any atom is 0.237 e. The average Bonchev–Trinajstić information content (AvgIpc) is 1.82. The maximum absolute atomic E-state index is 10.6. The topological polar surface area (TPSA) is 98.2 Å². The highest BCUT2D eigenvalue weighted by molar-refractivity contribution is 5.86. The summed E-state index contributed by atoms with van der Waals surface area (Å²) in [5.41, 5.74) is 9.90. The summed E-state index contributed by atoms with van der Waals surface area (Å²) in [6, 6.07) is -0.598. The molecule has 2 amide bonds. The van der Waals surface area contributed by atoms with E-state index < -0.39 is 11.9 Å². The van der Waals surface area contributed by atoms with Crippen molar-refractivity contribution in [1.82, 2.24) is 5.32 Å². The van der Waals surface area contributed by atoms with E-state index in [0.29, 0.717) is 0 Å². The Bertz CT molecular complexity index is 149. The molecule has 5 N–H and O–H groups in total. The first-order chi connectivity index (χ1) is 4.54. The molecule has 0 bridgehead atoms. The zero-order chi connectivity index (χ0) is 8.15. The Labute approximate surface area is 70.9 Å². The molecular formula is C5H12ClN3O2. The third kappa shape index (κ3) is 7.08. The number of hydrogen-bond acceptors (Lipinski definition) is 3. The minimum absolute atomic E-state index is 0. The van der Waals surface area contributed by atoms with Gasteiger partial charge in [-0.15, -0.1) is 12.4 Å². The van der Waals surface area contributed by atoms with Crippen molar-refractivity contribution in [3.63, 3.8) is 0 Å². The van der Waals surface area contributed by atoms with Gasteiger partial charge in [0.05, 0.1) is 12.6 Å². The van der Waals surface area contributed by atoms with Crippen LogP contribution in [0.15, 0.2) is 0 Å². The summed E-state index contributed by atoms with van der Waals surface area (Å²) >= 11 is 0. The predicted octanol–water partition coefficient (Wildman–Crippen LogP) is -1.64. The Hall–Kier alpha value is -0.810. The van der Waals surface area contributed by atoms with Crippen LogP contribution < -0.4 is 16.8 Å². The van der Waals surface area contributed by atoms with Gasteiger partial charge in [-0.05, 0) is 6.92 Å². The molecule has 11 heavy (non-hydrogen) atoms. The average molecular weight is 182 g/mol. The second-order valence-corrected chi connectivity index (χ2v) is 1.97. The van der Waals surface area contributed by atoms with E-state index in [1.165, 1.54) is 6.92 Å². The van der Waals surface area contributed by atoms with Crippen LogP contribution in [0.3, 0.4) is 0 Å². The Morgan fingerprint density at radius 1 is 1.55 bits per heavy atom. The summed E-state index contributed by atoms with van der Waals surface area (Å²) in [4.78, 5) is 20.7. The summed E-state index contributed by atoms with van der Waals surface area (Å²) in [6.45, 7) is 1.37. The molecule has 0 aliphatic rings. The molecule has 0 spiro atoms. The van der Waals surface area contributed by atoms with Crippen molar-refractivity contribution < 1.29 is 9.59 Å². The van der Waals surface area contributed by atoms with Crippen LogP contribution in [-0.2, 0) is 9.59 Å². The largest absolute Gasteiger partial charge is 0.368 e. The first kappa shape index (κ1) is 12.8. The van der Waals surface area contributed by atoms with E-state index >= 15 is 0 Å². The molecule has 1 unspecified atom stereocenters. The van der Waals surface area contributed by atoms with Crippen LogP contribution in [0.4, 0.5) is 0 Å². The predicted molar refractivity (Wildman–Crippen MR) is 43.1 cm³/mol. The smallest absolute Gasteiger partial charge is 0.237 e. The molecule has 0 heterocycles. The summed E-state index contributed by atoms with van der Waals surface area (Å²) < 4.78 is 0. The van der Waals surface area contributed by atoms with Crippen molar-refractivity contribution >= 4 is 24.2 Å². The molecule has 6 heteroatoms. The molecule has 0 rings (SSSR count). The van der Waals surface area contributed by atoms with Gasteiger partial charge in [0.2, 0.25) is 11.8 Å². The number of carbonyl (C=O) groups excluding carboxylic acids is 2. The van der Waals surface area contributed by atoms with Gasteiger partial charge in [-0.3, -0.25) is 9.59 Å². The molecule has 0 aliphatic carbocycles. The summed E-state index contributed by atoms with van der Waals surface area (Å²) in [5, 5.41) is 2.24. The van der Waals surface area contributed by atoms with Gasteiger partial charge in [-0.1, -0.05) is 0 Å². The summed E-state index contributed by atoms with van der Waals surface area (Å²) in [7, 11) is 0. The number of rotatable bonds is 3. The molecule has 0 saturated heterocycles. The lowest BCUT2D eigenvalue weighted by Crippen LogP contribution is -2.42. The van der Waals surface area contributed by atoms with Gasteiger partial charge >= 0.3 is 0 Å². The SMILES string of the molecule is CC(N)C(=O)NCC(N)=O.Cl. The molecule has 0 aromatic carbocycles. The number of carbonyl (C=O) groups is 2. The minimum atomic E-state index is -0.598. The molecule has 0 aliphatic heterocycles. The van der Waals surface area contributed by atoms with E-state index in [1.807, 2.05) is 0 Å². The van der Waals surface area contributed by atoms with E-state index in [1.54, 1.807) is 0 Å². The summed E-state index contributed by atoms with van der Waals surface area (Å²) in [5.74, 6) is -0.951. The van der Waals surface area contributed by atoms with Gasteiger partial charge < -0.3 is 16.8 Å². The van der Waals surface area contributed by atoms with Crippen molar-refractivity contribution in [2.45, 2.75) is 13.0 Å². The second-order valence-electron chi connectivity index (χ2n) is 1.97. The van der Waals surface area contributed by atoms with Crippen LogP contribution in [0, 0.1) is 0 Å². The van der Waals surface area contributed by atoms with Gasteiger partial charge in [0.25, 0.3) is 0 Å². The molecule has 5 nitrogen and oxygen atoms in total. The molecule has 0 radical (unpaired) electrons. The third-order valence-electron chi connectivity index (χ3n) is 0.850. The molecule has 1 atom stereocenters. The molecule has 0 aromatic rings. The van der Waals surface area contributed by atoms with E-state index in [4.69, 9.17) is 11.5 Å². The zero-order valence-electron chi connectivity index (χ0n) is 6.16. The van der Waals surface area contributed by atoms with Crippen LogP contribution in [0.2, 0.25) is 0 Å². The number of halogens is 1. The Balaban J connectivity index is 0. The molecule has 0 fully saturated rings. The number of amides is 2.